The van der Waals surface area contributed by atoms with Gasteiger partial charge < -0.3 is 9.41 Å². The van der Waals surface area contributed by atoms with Crippen molar-refractivity contribution in [3.63, 3.8) is 0 Å². The van der Waals surface area contributed by atoms with Crippen molar-refractivity contribution in [3.05, 3.63) is 84.4 Å². The fourth-order valence-corrected chi connectivity index (χ4v) is 2.68. The van der Waals surface area contributed by atoms with Crippen LogP contribution in [0.2, 0.25) is 13.1 Å². The summed E-state index contributed by atoms with van der Waals surface area (Å²) >= 11 is 1.74. The van der Waals surface area contributed by atoms with E-state index >= 15 is 0 Å². The first-order valence-electron chi connectivity index (χ1n) is 8.75. The number of hydrogen-bond donors (Lipinski definition) is 0. The second-order valence-corrected chi connectivity index (χ2v) is 16.1. The summed E-state index contributed by atoms with van der Waals surface area (Å²) in [5.41, 5.74) is 1.65. The van der Waals surface area contributed by atoms with Crippen molar-refractivity contribution in [3.8, 4) is 0 Å². The van der Waals surface area contributed by atoms with E-state index in [9.17, 15) is 0 Å². The molecule has 0 amide bonds. The van der Waals surface area contributed by atoms with Gasteiger partial charge in [-0.1, -0.05) is 56.2 Å². The Morgan fingerprint density at radius 2 is 1.26 bits per heavy atom. The van der Waals surface area contributed by atoms with Crippen molar-refractivity contribution in [1.29, 1.82) is 0 Å². The van der Waals surface area contributed by atoms with Crippen molar-refractivity contribution in [2.75, 3.05) is 0 Å². The molecular formula is C23H26F2SiZr-2. The molecule has 0 radical (unpaired) electrons. The van der Waals surface area contributed by atoms with Crippen LogP contribution in [0.25, 0.3) is 21.5 Å². The van der Waals surface area contributed by atoms with Crippen LogP contribution >= 0.6 is 0 Å². The molecule has 4 heteroatoms. The summed E-state index contributed by atoms with van der Waals surface area (Å²) < 4.78 is 0. The van der Waals surface area contributed by atoms with Crippen molar-refractivity contribution in [1.82, 2.24) is 0 Å². The summed E-state index contributed by atoms with van der Waals surface area (Å²) in [6, 6.07) is 27.7. The first kappa shape index (κ1) is 25.6. The maximum atomic E-state index is 2.31. The second kappa shape index (κ2) is 12.9. The molecule has 0 spiro atoms. The van der Waals surface area contributed by atoms with Crippen LogP contribution in [0.3, 0.4) is 0 Å². The van der Waals surface area contributed by atoms with Gasteiger partial charge in [-0.05, 0) is 0 Å². The molecule has 0 aliphatic carbocycles. The van der Waals surface area contributed by atoms with Crippen LogP contribution in [-0.4, -0.2) is 5.43 Å². The molecule has 27 heavy (non-hydrogen) atoms. The Bertz CT molecular complexity index is 870. The standard InChI is InChI=1S/C13H9.C8H11.C2H6Si.2FH.Zr/c1-3-7-12-10(5-1)9-11-6-2-4-8-13(11)12;1-7(2)8-5-3-4-6-8;1-3-2;;;/h1-9H;3-7H,1-2H3;1-2H3;2*1H;/q2*-1;;;;+2/p-2. The van der Waals surface area contributed by atoms with E-state index in [4.69, 9.17) is 0 Å². The van der Waals surface area contributed by atoms with Crippen molar-refractivity contribution < 1.29 is 32.7 Å². The van der Waals surface area contributed by atoms with E-state index in [2.05, 4.69) is 106 Å². The average Bonchev–Trinajstić information content (AvgIpc) is 3.23. The third-order valence-corrected chi connectivity index (χ3v) is 3.88. The minimum Gasteiger partial charge on any atom is -1.00 e. The van der Waals surface area contributed by atoms with Crippen LogP contribution < -0.4 is 9.41 Å². The van der Waals surface area contributed by atoms with Gasteiger partial charge in [-0.15, -0.1) is 39.7 Å². The predicted molar refractivity (Wildman–Crippen MR) is 111 cm³/mol. The van der Waals surface area contributed by atoms with E-state index in [1.165, 1.54) is 27.1 Å². The van der Waals surface area contributed by atoms with Gasteiger partial charge in [0.2, 0.25) is 0 Å². The Balaban J connectivity index is 0.000000422. The fourth-order valence-electron chi connectivity index (χ4n) is 2.68. The van der Waals surface area contributed by atoms with E-state index < -0.39 is 0 Å². The van der Waals surface area contributed by atoms with Gasteiger partial charge in [0.1, 0.15) is 0 Å². The molecule has 0 nitrogen and oxygen atoms in total. The first-order valence-corrected chi connectivity index (χ1v) is 14.9. The number of hydrogen-bond acceptors (Lipinski definition) is 0. The van der Waals surface area contributed by atoms with Gasteiger partial charge in [-0.2, -0.15) is 23.8 Å². The minimum atomic E-state index is 0. The molecule has 0 heterocycles. The zero-order valence-corrected chi connectivity index (χ0v) is 19.8. The molecule has 0 unspecified atom stereocenters. The van der Waals surface area contributed by atoms with Gasteiger partial charge in [0.15, 0.2) is 0 Å². The molecule has 0 aromatic heterocycles. The summed E-state index contributed by atoms with van der Waals surface area (Å²) in [5, 5.41) is 5.39. The van der Waals surface area contributed by atoms with Gasteiger partial charge in [0.05, 0.1) is 0 Å². The summed E-state index contributed by atoms with van der Waals surface area (Å²) in [5.74, 6) is 0.685. The molecule has 0 bridgehead atoms. The smallest absolute Gasteiger partial charge is 0.0771 e. The molecule has 4 rings (SSSR count). The summed E-state index contributed by atoms with van der Waals surface area (Å²) in [4.78, 5) is 0. The second-order valence-electron chi connectivity index (χ2n) is 6.69. The van der Waals surface area contributed by atoms with Crippen LogP contribution in [0, 0.1) is 0 Å². The molecule has 0 saturated carbocycles. The number of benzene rings is 2. The van der Waals surface area contributed by atoms with Gasteiger partial charge in [-0.25, -0.2) is 6.07 Å². The Morgan fingerprint density at radius 3 is 1.59 bits per heavy atom. The van der Waals surface area contributed by atoms with Gasteiger partial charge in [0.25, 0.3) is 0 Å². The van der Waals surface area contributed by atoms with Crippen LogP contribution in [0.1, 0.15) is 25.3 Å². The fraction of sp³-hybridized carbons (Fsp3) is 0.217. The molecule has 0 N–H and O–H groups in total. The van der Waals surface area contributed by atoms with Crippen molar-refractivity contribution in [2.45, 2.75) is 32.9 Å². The molecule has 0 aliphatic rings. The van der Waals surface area contributed by atoms with E-state index in [1.807, 2.05) is 0 Å². The quantitative estimate of drug-likeness (QED) is 0.295. The topological polar surface area (TPSA) is 0 Å². The first-order chi connectivity index (χ1) is 12.0. The van der Waals surface area contributed by atoms with E-state index in [0.717, 1.165) is 0 Å². The van der Waals surface area contributed by atoms with E-state index in [1.54, 1.807) is 23.3 Å². The molecule has 0 saturated heterocycles. The Morgan fingerprint density at radius 1 is 0.815 bits per heavy atom. The molecule has 4 aromatic rings. The predicted octanol–water partition coefficient (Wildman–Crippen LogP) is 1.03. The summed E-state index contributed by atoms with van der Waals surface area (Å²) in [6.45, 7) is 9.02. The van der Waals surface area contributed by atoms with Crippen LogP contribution in [0.15, 0.2) is 78.9 Å². The minimum absolute atomic E-state index is 0. The third-order valence-electron chi connectivity index (χ3n) is 3.88. The Kier molecular flexibility index (Phi) is 12.2. The van der Waals surface area contributed by atoms with Gasteiger partial charge in [0, 0.05) is 0 Å². The van der Waals surface area contributed by atoms with E-state index in [0.29, 0.717) is 5.92 Å². The number of fused-ring (bicyclic) bond motifs is 3. The van der Waals surface area contributed by atoms with Crippen LogP contribution in [0.4, 0.5) is 0 Å². The Hall–Kier alpha value is -1.38. The zero-order chi connectivity index (χ0) is 18.2. The number of rotatable bonds is 1. The maximum absolute atomic E-state index is 2.31. The third kappa shape index (κ3) is 8.02. The summed E-state index contributed by atoms with van der Waals surface area (Å²) in [6.07, 6.45) is 0. The summed E-state index contributed by atoms with van der Waals surface area (Å²) in [7, 11) is 0. The molecular weight excluding hydrogens is 434 g/mol. The largest absolute Gasteiger partial charge is 1.00 e. The SMILES string of the molecule is CC(C)c1cc[cH-]c1.C[Si](C)=[Zr+2].[F-].[F-].c1ccc2c(c1)[cH-]c1ccccc12. The molecule has 0 aliphatic heterocycles. The number of halogens is 2. The maximum Gasteiger partial charge on any atom is -0.0771 e. The monoisotopic (exact) mass is 458 g/mol. The van der Waals surface area contributed by atoms with Crippen LogP contribution in [0.5, 0.6) is 0 Å². The zero-order valence-electron chi connectivity index (χ0n) is 16.3. The molecule has 0 atom stereocenters. The molecule has 4 aromatic carbocycles. The Labute approximate surface area is 176 Å². The van der Waals surface area contributed by atoms with Gasteiger partial charge >= 0.3 is 41.9 Å². The van der Waals surface area contributed by atoms with Crippen LogP contribution in [-0.2, 0) is 23.3 Å². The van der Waals surface area contributed by atoms with Gasteiger partial charge in [-0.3, -0.25) is 0 Å². The van der Waals surface area contributed by atoms with Crippen molar-refractivity contribution in [2.24, 2.45) is 0 Å². The van der Waals surface area contributed by atoms with E-state index in [-0.39, 0.29) is 14.8 Å². The molecule has 0 fully saturated rings. The molecule has 142 valence electrons. The van der Waals surface area contributed by atoms with Crippen molar-refractivity contribution >= 4 is 27.0 Å². The normalized spacial score (nSPS) is 9.44. The average molecular weight is 460 g/mol.